The minimum atomic E-state index is -0.375. The molecule has 4 aromatic rings. The fourth-order valence-electron chi connectivity index (χ4n) is 4.69. The Hall–Kier alpha value is -3.19. The molecule has 164 valence electrons. The number of fused-ring (bicyclic) bond motifs is 3. The maximum absolute atomic E-state index is 13.3. The lowest BCUT2D eigenvalue weighted by Crippen LogP contribution is -2.33. The largest absolute Gasteiger partial charge is 0.360 e. The van der Waals surface area contributed by atoms with Crippen molar-refractivity contribution in [1.29, 1.82) is 0 Å². The molecule has 0 spiro atoms. The van der Waals surface area contributed by atoms with Crippen LogP contribution in [0.1, 0.15) is 35.4 Å². The number of rotatable bonds is 4. The summed E-state index contributed by atoms with van der Waals surface area (Å²) in [5.74, 6) is 0.0919. The predicted octanol–water partition coefficient (Wildman–Crippen LogP) is 4.84. The molecule has 0 aliphatic heterocycles. The number of nitrogens with zero attached hydrogens (tertiary/aromatic N) is 2. The Morgan fingerprint density at radius 2 is 2.00 bits per heavy atom. The molecule has 2 aromatic heterocycles. The van der Waals surface area contributed by atoms with Crippen molar-refractivity contribution in [2.45, 2.75) is 38.8 Å². The molecule has 1 aliphatic carbocycles. The summed E-state index contributed by atoms with van der Waals surface area (Å²) in [6.07, 6.45) is 2.45. The van der Waals surface area contributed by atoms with Gasteiger partial charge in [0.1, 0.15) is 22.5 Å². The van der Waals surface area contributed by atoms with Crippen molar-refractivity contribution < 1.29 is 13.7 Å². The lowest BCUT2D eigenvalue weighted by molar-refractivity contribution is 0.0937. The number of carbonyl (C=O) groups excluding carboxylic acids is 1. The lowest BCUT2D eigenvalue weighted by atomic mass is 10.1. The highest BCUT2D eigenvalue weighted by Gasteiger charge is 2.28. The minimum absolute atomic E-state index is 0.00386. The van der Waals surface area contributed by atoms with E-state index in [2.05, 4.69) is 10.5 Å². The van der Waals surface area contributed by atoms with Crippen LogP contribution in [0.4, 0.5) is 4.39 Å². The van der Waals surface area contributed by atoms with E-state index in [1.807, 2.05) is 12.1 Å². The van der Waals surface area contributed by atoms with Crippen molar-refractivity contribution in [3.63, 3.8) is 0 Å². The van der Waals surface area contributed by atoms with Gasteiger partial charge in [0.15, 0.2) is 0 Å². The van der Waals surface area contributed by atoms with E-state index in [1.165, 1.54) is 24.3 Å². The van der Waals surface area contributed by atoms with Crippen molar-refractivity contribution in [2.75, 3.05) is 0 Å². The average molecular weight is 454 g/mol. The smallest absolute Gasteiger partial charge is 0.264 e. The van der Waals surface area contributed by atoms with Crippen LogP contribution in [-0.4, -0.2) is 21.7 Å². The zero-order chi connectivity index (χ0) is 22.4. The molecular weight excluding hydrogens is 433 g/mol. The summed E-state index contributed by atoms with van der Waals surface area (Å²) in [7, 11) is 0. The predicted molar refractivity (Wildman–Crippen MR) is 121 cm³/mol. The number of halogens is 2. The molecule has 2 atom stereocenters. The third-order valence-corrected chi connectivity index (χ3v) is 6.58. The Morgan fingerprint density at radius 1 is 1.22 bits per heavy atom. The van der Waals surface area contributed by atoms with E-state index in [9.17, 15) is 14.0 Å². The number of nitrogens with one attached hydrogen (secondary N) is 1. The van der Waals surface area contributed by atoms with Gasteiger partial charge in [-0.1, -0.05) is 22.8 Å². The molecule has 2 aromatic carbocycles. The SMILES string of the molecule is Cc1onc2c1c(=O)n(C[C@H]1CC[C@@H](NC(=O)c3ccc(F)cc3)C1)c1cccc(Cl)c21. The van der Waals surface area contributed by atoms with Gasteiger partial charge in [0.05, 0.1) is 10.5 Å². The van der Waals surface area contributed by atoms with E-state index < -0.39 is 0 Å². The van der Waals surface area contributed by atoms with Crippen LogP contribution in [0.15, 0.2) is 51.8 Å². The van der Waals surface area contributed by atoms with E-state index in [0.29, 0.717) is 39.2 Å². The molecule has 1 saturated carbocycles. The summed E-state index contributed by atoms with van der Waals surface area (Å²) < 4.78 is 20.2. The number of benzene rings is 2. The Morgan fingerprint density at radius 3 is 2.78 bits per heavy atom. The average Bonchev–Trinajstić information content (AvgIpc) is 3.38. The number of aromatic nitrogens is 2. The highest BCUT2D eigenvalue weighted by atomic mass is 35.5. The second-order valence-corrected chi connectivity index (χ2v) is 8.78. The fourth-order valence-corrected chi connectivity index (χ4v) is 4.95. The molecular formula is C24H21ClFN3O3. The number of hydrogen-bond donors (Lipinski definition) is 1. The molecule has 1 amide bonds. The number of pyridine rings is 1. The van der Waals surface area contributed by atoms with Crippen LogP contribution in [0.3, 0.4) is 0 Å². The van der Waals surface area contributed by atoms with Gasteiger partial charge in [0.2, 0.25) is 0 Å². The van der Waals surface area contributed by atoms with Gasteiger partial charge in [-0.3, -0.25) is 9.59 Å². The first-order chi connectivity index (χ1) is 15.4. The van der Waals surface area contributed by atoms with Gasteiger partial charge < -0.3 is 14.4 Å². The van der Waals surface area contributed by atoms with Crippen LogP contribution in [0.2, 0.25) is 5.02 Å². The highest BCUT2D eigenvalue weighted by Crippen LogP contribution is 2.32. The molecule has 0 radical (unpaired) electrons. The highest BCUT2D eigenvalue weighted by molar-refractivity contribution is 6.37. The van der Waals surface area contributed by atoms with Gasteiger partial charge in [0, 0.05) is 23.5 Å². The Balaban J connectivity index is 1.40. The summed E-state index contributed by atoms with van der Waals surface area (Å²) >= 11 is 6.47. The molecule has 0 saturated heterocycles. The van der Waals surface area contributed by atoms with Gasteiger partial charge >= 0.3 is 0 Å². The number of aryl methyl sites for hydroxylation is 1. The first-order valence-corrected chi connectivity index (χ1v) is 10.9. The first-order valence-electron chi connectivity index (χ1n) is 10.6. The maximum atomic E-state index is 13.3. The zero-order valence-electron chi connectivity index (χ0n) is 17.4. The Kier molecular flexibility index (Phi) is 5.21. The van der Waals surface area contributed by atoms with Gasteiger partial charge in [-0.2, -0.15) is 0 Å². The van der Waals surface area contributed by atoms with Gasteiger partial charge in [-0.05, 0) is 68.5 Å². The van der Waals surface area contributed by atoms with Crippen molar-refractivity contribution >= 4 is 39.3 Å². The molecule has 32 heavy (non-hydrogen) atoms. The van der Waals surface area contributed by atoms with Crippen LogP contribution in [0.25, 0.3) is 21.8 Å². The fraction of sp³-hybridized carbons (Fsp3) is 0.292. The molecule has 1 N–H and O–H groups in total. The molecule has 2 heterocycles. The van der Waals surface area contributed by atoms with Crippen molar-refractivity contribution in [3.8, 4) is 0 Å². The third kappa shape index (κ3) is 3.56. The lowest BCUT2D eigenvalue weighted by Gasteiger charge is -2.17. The Bertz CT molecular complexity index is 1390. The summed E-state index contributed by atoms with van der Waals surface area (Å²) in [6.45, 7) is 2.24. The first kappa shape index (κ1) is 20.7. The van der Waals surface area contributed by atoms with Gasteiger partial charge in [-0.25, -0.2) is 4.39 Å². The monoisotopic (exact) mass is 453 g/mol. The maximum Gasteiger partial charge on any atom is 0.264 e. The van der Waals surface area contributed by atoms with E-state index in [-0.39, 0.29) is 29.2 Å². The second-order valence-electron chi connectivity index (χ2n) is 8.37. The standard InChI is InChI=1S/C24H21ClFN3O3/c1-13-20-22(28-32-13)21-18(25)3-2-4-19(21)29(24(20)31)12-14-5-10-17(11-14)27-23(30)15-6-8-16(26)9-7-15/h2-4,6-9,14,17H,5,10-12H2,1H3,(H,27,30)/t14-,17+/m0/s1. The topological polar surface area (TPSA) is 77.1 Å². The summed E-state index contributed by atoms with van der Waals surface area (Å²) in [5, 5.41) is 8.78. The van der Waals surface area contributed by atoms with Crippen LogP contribution >= 0.6 is 11.6 Å². The van der Waals surface area contributed by atoms with E-state index in [0.717, 1.165) is 24.8 Å². The normalized spacial score (nSPS) is 18.5. The van der Waals surface area contributed by atoms with Crippen LogP contribution in [0, 0.1) is 18.7 Å². The second kappa shape index (κ2) is 8.06. The quantitative estimate of drug-likeness (QED) is 0.479. The van der Waals surface area contributed by atoms with Crippen LogP contribution in [0.5, 0.6) is 0 Å². The molecule has 6 nitrogen and oxygen atoms in total. The number of carbonyl (C=O) groups is 1. The van der Waals surface area contributed by atoms with Crippen molar-refractivity contribution in [1.82, 2.24) is 15.0 Å². The van der Waals surface area contributed by atoms with Gasteiger partial charge in [0.25, 0.3) is 11.5 Å². The molecule has 0 bridgehead atoms. The van der Waals surface area contributed by atoms with Crippen LogP contribution < -0.4 is 10.9 Å². The summed E-state index contributed by atoms with van der Waals surface area (Å²) in [4.78, 5) is 25.8. The number of amides is 1. The van der Waals surface area contributed by atoms with Gasteiger partial charge in [-0.15, -0.1) is 0 Å². The van der Waals surface area contributed by atoms with E-state index >= 15 is 0 Å². The number of hydrogen-bond acceptors (Lipinski definition) is 4. The van der Waals surface area contributed by atoms with Crippen molar-refractivity contribution in [2.24, 2.45) is 5.92 Å². The van der Waals surface area contributed by atoms with E-state index in [1.54, 1.807) is 17.6 Å². The molecule has 5 rings (SSSR count). The minimum Gasteiger partial charge on any atom is -0.360 e. The molecule has 1 fully saturated rings. The molecule has 0 unspecified atom stereocenters. The zero-order valence-corrected chi connectivity index (χ0v) is 18.2. The summed E-state index contributed by atoms with van der Waals surface area (Å²) in [6, 6.07) is 11.0. The van der Waals surface area contributed by atoms with Crippen molar-refractivity contribution in [3.05, 3.63) is 75.0 Å². The van der Waals surface area contributed by atoms with E-state index in [4.69, 9.17) is 16.1 Å². The summed E-state index contributed by atoms with van der Waals surface area (Å²) in [5.41, 5.74) is 1.50. The Labute approximate surface area is 188 Å². The molecule has 8 heteroatoms. The third-order valence-electron chi connectivity index (χ3n) is 6.26. The molecule has 1 aliphatic rings. The van der Waals surface area contributed by atoms with Crippen LogP contribution in [-0.2, 0) is 6.54 Å².